The molecule has 0 spiro atoms. The van der Waals surface area contributed by atoms with E-state index in [1.165, 1.54) is 6.92 Å². The predicted octanol–water partition coefficient (Wildman–Crippen LogP) is 4.37. The molecule has 1 heterocycles. The Kier molecular flexibility index (Phi) is 6.02. The van der Waals surface area contributed by atoms with Crippen molar-refractivity contribution in [3.05, 3.63) is 77.0 Å². The molecule has 3 aromatic rings. The average Bonchev–Trinajstić information content (AvgIpc) is 2.93. The quantitative estimate of drug-likeness (QED) is 0.655. The van der Waals surface area contributed by atoms with Crippen molar-refractivity contribution in [3.63, 3.8) is 0 Å². The lowest BCUT2D eigenvalue weighted by molar-refractivity contribution is -0.114. The number of amides is 2. The maximum Gasteiger partial charge on any atom is 0.259 e. The van der Waals surface area contributed by atoms with Crippen molar-refractivity contribution < 1.29 is 14.3 Å². The van der Waals surface area contributed by atoms with Gasteiger partial charge in [-0.25, -0.2) is 0 Å². The molecule has 0 aliphatic rings. The van der Waals surface area contributed by atoms with E-state index in [0.29, 0.717) is 29.4 Å². The maximum absolute atomic E-state index is 13.1. The second kappa shape index (κ2) is 8.65. The van der Waals surface area contributed by atoms with Gasteiger partial charge in [0, 0.05) is 24.8 Å². The van der Waals surface area contributed by atoms with Crippen molar-refractivity contribution in [1.82, 2.24) is 4.57 Å². The van der Waals surface area contributed by atoms with Crippen LogP contribution in [0.25, 0.3) is 0 Å². The molecule has 0 radical (unpaired) electrons. The fourth-order valence-electron chi connectivity index (χ4n) is 3.27. The van der Waals surface area contributed by atoms with Gasteiger partial charge in [0.15, 0.2) is 0 Å². The van der Waals surface area contributed by atoms with Gasteiger partial charge in [-0.15, -0.1) is 0 Å². The van der Waals surface area contributed by atoms with E-state index in [2.05, 4.69) is 10.6 Å². The molecule has 0 fully saturated rings. The summed E-state index contributed by atoms with van der Waals surface area (Å²) in [6.45, 7) is 5.84. The van der Waals surface area contributed by atoms with Crippen molar-refractivity contribution in [2.45, 2.75) is 27.3 Å². The Morgan fingerprint density at radius 3 is 2.21 bits per heavy atom. The fraction of sp³-hybridized carbons (Fsp3) is 0.217. The molecule has 2 amide bonds. The Bertz CT molecular complexity index is 1020. The number of hydrogen-bond acceptors (Lipinski definition) is 3. The van der Waals surface area contributed by atoms with Crippen LogP contribution in [0, 0.1) is 13.8 Å². The molecule has 6 nitrogen and oxygen atoms in total. The Morgan fingerprint density at radius 2 is 1.62 bits per heavy atom. The Labute approximate surface area is 170 Å². The summed E-state index contributed by atoms with van der Waals surface area (Å²) in [5, 5.41) is 5.76. The third-order valence-electron chi connectivity index (χ3n) is 4.88. The molecule has 0 saturated carbocycles. The first-order valence-electron chi connectivity index (χ1n) is 9.37. The van der Waals surface area contributed by atoms with E-state index in [4.69, 9.17) is 4.74 Å². The van der Waals surface area contributed by atoms with E-state index in [0.717, 1.165) is 16.8 Å². The van der Waals surface area contributed by atoms with Crippen LogP contribution in [-0.2, 0) is 11.3 Å². The van der Waals surface area contributed by atoms with Crippen molar-refractivity contribution in [2.75, 3.05) is 17.7 Å². The highest BCUT2D eigenvalue weighted by atomic mass is 16.5. The van der Waals surface area contributed by atoms with Crippen LogP contribution < -0.4 is 15.4 Å². The van der Waals surface area contributed by atoms with Gasteiger partial charge in [-0.05, 0) is 49.2 Å². The van der Waals surface area contributed by atoms with Gasteiger partial charge in [0.1, 0.15) is 11.6 Å². The smallest absolute Gasteiger partial charge is 0.259 e. The summed E-state index contributed by atoms with van der Waals surface area (Å²) < 4.78 is 7.12. The molecule has 29 heavy (non-hydrogen) atoms. The topological polar surface area (TPSA) is 72.4 Å². The maximum atomic E-state index is 13.1. The SMILES string of the molecule is COc1ccc(NC(=O)c2c(C)c(C)n(Cc3ccccc3)c2NC(C)=O)cc1. The highest BCUT2D eigenvalue weighted by molar-refractivity contribution is 6.11. The highest BCUT2D eigenvalue weighted by Crippen LogP contribution is 2.29. The molecule has 0 aliphatic carbocycles. The Hall–Kier alpha value is -3.54. The lowest BCUT2D eigenvalue weighted by Crippen LogP contribution is -2.18. The van der Waals surface area contributed by atoms with Crippen molar-refractivity contribution >= 4 is 23.3 Å². The first-order valence-corrected chi connectivity index (χ1v) is 9.37. The minimum absolute atomic E-state index is 0.227. The lowest BCUT2D eigenvalue weighted by atomic mass is 10.1. The van der Waals surface area contributed by atoms with Gasteiger partial charge in [-0.1, -0.05) is 30.3 Å². The number of hydrogen-bond donors (Lipinski definition) is 2. The number of anilines is 2. The number of aromatic nitrogens is 1. The number of carbonyl (C=O) groups is 2. The monoisotopic (exact) mass is 391 g/mol. The van der Waals surface area contributed by atoms with Crippen LogP contribution in [0.15, 0.2) is 54.6 Å². The number of methoxy groups -OCH3 is 1. The first kappa shape index (κ1) is 20.2. The molecule has 150 valence electrons. The molecule has 0 unspecified atom stereocenters. The van der Waals surface area contributed by atoms with Gasteiger partial charge in [0.2, 0.25) is 5.91 Å². The lowest BCUT2D eigenvalue weighted by Gasteiger charge is -2.14. The number of ether oxygens (including phenoxy) is 1. The van der Waals surface area contributed by atoms with E-state index >= 15 is 0 Å². The van der Waals surface area contributed by atoms with Crippen molar-refractivity contribution in [2.24, 2.45) is 0 Å². The summed E-state index contributed by atoms with van der Waals surface area (Å²) >= 11 is 0. The van der Waals surface area contributed by atoms with Crippen LogP contribution in [0.1, 0.15) is 34.1 Å². The summed E-state index contributed by atoms with van der Waals surface area (Å²) in [6.07, 6.45) is 0. The van der Waals surface area contributed by atoms with Crippen LogP contribution in [0.4, 0.5) is 11.5 Å². The van der Waals surface area contributed by atoms with Gasteiger partial charge < -0.3 is 19.9 Å². The van der Waals surface area contributed by atoms with Crippen LogP contribution in [-0.4, -0.2) is 23.5 Å². The number of nitrogens with one attached hydrogen (secondary N) is 2. The standard InChI is InChI=1S/C23H25N3O3/c1-15-16(2)26(14-18-8-6-5-7-9-18)22(24-17(3)27)21(15)23(28)25-19-10-12-20(29-4)13-11-19/h5-13H,14H2,1-4H3,(H,24,27)(H,25,28). The summed E-state index contributed by atoms with van der Waals surface area (Å²) in [7, 11) is 1.59. The molecule has 0 bridgehead atoms. The highest BCUT2D eigenvalue weighted by Gasteiger charge is 2.24. The van der Waals surface area contributed by atoms with Crippen molar-refractivity contribution in [1.29, 1.82) is 0 Å². The van der Waals surface area contributed by atoms with E-state index in [1.807, 2.05) is 48.7 Å². The van der Waals surface area contributed by atoms with E-state index in [-0.39, 0.29) is 11.8 Å². The fourth-order valence-corrected chi connectivity index (χ4v) is 3.27. The second-order valence-electron chi connectivity index (χ2n) is 6.87. The van der Waals surface area contributed by atoms with Crippen LogP contribution in [0.3, 0.4) is 0 Å². The van der Waals surface area contributed by atoms with E-state index in [9.17, 15) is 9.59 Å². The third-order valence-corrected chi connectivity index (χ3v) is 4.88. The number of carbonyl (C=O) groups excluding carboxylic acids is 2. The largest absolute Gasteiger partial charge is 0.497 e. The van der Waals surface area contributed by atoms with Gasteiger partial charge >= 0.3 is 0 Å². The molecule has 2 aromatic carbocycles. The molecule has 0 saturated heterocycles. The molecule has 6 heteroatoms. The van der Waals surface area contributed by atoms with Crippen LogP contribution >= 0.6 is 0 Å². The third kappa shape index (κ3) is 4.48. The van der Waals surface area contributed by atoms with Crippen LogP contribution in [0.5, 0.6) is 5.75 Å². The summed E-state index contributed by atoms with van der Waals surface area (Å²) in [6, 6.07) is 17.0. The van der Waals surface area contributed by atoms with Crippen molar-refractivity contribution in [3.8, 4) is 5.75 Å². The summed E-state index contributed by atoms with van der Waals surface area (Å²) in [5.41, 5.74) is 3.95. The summed E-state index contributed by atoms with van der Waals surface area (Å²) in [5.74, 6) is 0.715. The Morgan fingerprint density at radius 1 is 0.966 bits per heavy atom. The number of benzene rings is 2. The Balaban J connectivity index is 1.98. The minimum Gasteiger partial charge on any atom is -0.497 e. The average molecular weight is 391 g/mol. The molecular formula is C23H25N3O3. The molecule has 0 atom stereocenters. The summed E-state index contributed by atoms with van der Waals surface area (Å²) in [4.78, 5) is 25.0. The number of nitrogens with zero attached hydrogens (tertiary/aromatic N) is 1. The number of rotatable bonds is 6. The second-order valence-corrected chi connectivity index (χ2v) is 6.87. The zero-order valence-corrected chi connectivity index (χ0v) is 17.1. The molecule has 0 aliphatic heterocycles. The molecule has 1 aromatic heterocycles. The van der Waals surface area contributed by atoms with Gasteiger partial charge in [0.05, 0.1) is 12.7 Å². The molecule has 3 rings (SSSR count). The molecule has 2 N–H and O–H groups in total. The minimum atomic E-state index is -0.272. The zero-order valence-electron chi connectivity index (χ0n) is 17.1. The predicted molar refractivity (Wildman–Crippen MR) is 115 cm³/mol. The first-order chi connectivity index (χ1) is 13.9. The van der Waals surface area contributed by atoms with E-state index < -0.39 is 0 Å². The van der Waals surface area contributed by atoms with Gasteiger partial charge in [-0.2, -0.15) is 0 Å². The zero-order chi connectivity index (χ0) is 21.0. The van der Waals surface area contributed by atoms with Gasteiger partial charge in [-0.3, -0.25) is 9.59 Å². The van der Waals surface area contributed by atoms with Crippen LogP contribution in [0.2, 0.25) is 0 Å². The van der Waals surface area contributed by atoms with Gasteiger partial charge in [0.25, 0.3) is 5.91 Å². The molecular weight excluding hydrogens is 366 g/mol. The van der Waals surface area contributed by atoms with E-state index in [1.54, 1.807) is 31.4 Å². The normalized spacial score (nSPS) is 10.5.